The fourth-order valence-corrected chi connectivity index (χ4v) is 4.45. The zero-order valence-corrected chi connectivity index (χ0v) is 12.9. The first-order valence-corrected chi connectivity index (χ1v) is 8.15. The molecule has 5 aliphatic rings. The molecular weight excluding hydrogens is 292 g/mol. The van der Waals surface area contributed by atoms with Crippen molar-refractivity contribution < 1.29 is 14.3 Å². The van der Waals surface area contributed by atoms with Crippen LogP contribution in [0.15, 0.2) is 30.5 Å². The van der Waals surface area contributed by atoms with Crippen LogP contribution in [0.4, 0.5) is 0 Å². The number of fused-ring (bicyclic) bond motifs is 3. The van der Waals surface area contributed by atoms with Gasteiger partial charge in [0.05, 0.1) is 18.7 Å². The SMILES string of the molecule is COc1ccc2nccc([C@@H]3O[C@H]4C(=O)N5CC[C@H]4C[C@H]35)c2c1. The van der Waals surface area contributed by atoms with Crippen LogP contribution in [0.2, 0.25) is 0 Å². The number of rotatable bonds is 2. The molecule has 0 spiro atoms. The van der Waals surface area contributed by atoms with Crippen molar-refractivity contribution in [2.75, 3.05) is 13.7 Å². The van der Waals surface area contributed by atoms with Crippen molar-refractivity contribution in [1.82, 2.24) is 9.88 Å². The number of ether oxygens (including phenoxy) is 2. The van der Waals surface area contributed by atoms with E-state index in [9.17, 15) is 4.79 Å². The number of methoxy groups -OCH3 is 1. The summed E-state index contributed by atoms with van der Waals surface area (Å²) >= 11 is 0. The van der Waals surface area contributed by atoms with Crippen molar-refractivity contribution >= 4 is 16.8 Å². The summed E-state index contributed by atoms with van der Waals surface area (Å²) in [5.74, 6) is 1.40. The minimum Gasteiger partial charge on any atom is -0.497 e. The van der Waals surface area contributed by atoms with Gasteiger partial charge in [0, 0.05) is 18.1 Å². The highest BCUT2D eigenvalue weighted by molar-refractivity contribution is 5.86. The molecule has 7 rings (SSSR count). The van der Waals surface area contributed by atoms with Crippen molar-refractivity contribution in [2.24, 2.45) is 5.92 Å². The first-order chi connectivity index (χ1) is 11.3. The van der Waals surface area contributed by atoms with Gasteiger partial charge in [0.2, 0.25) is 0 Å². The van der Waals surface area contributed by atoms with Crippen molar-refractivity contribution in [2.45, 2.75) is 31.1 Å². The number of nitrogens with zero attached hydrogens (tertiary/aromatic N) is 2. The molecule has 1 amide bonds. The molecule has 5 aliphatic heterocycles. The Morgan fingerprint density at radius 1 is 1.30 bits per heavy atom. The molecule has 6 heterocycles. The number of pyridine rings is 1. The van der Waals surface area contributed by atoms with Gasteiger partial charge in [-0.2, -0.15) is 0 Å². The van der Waals surface area contributed by atoms with Crippen molar-refractivity contribution in [3.63, 3.8) is 0 Å². The highest BCUT2D eigenvalue weighted by atomic mass is 16.5. The molecule has 0 saturated carbocycles. The Balaban J connectivity index is 1.63. The van der Waals surface area contributed by atoms with Gasteiger partial charge in [-0.3, -0.25) is 9.78 Å². The first kappa shape index (κ1) is 13.3. The summed E-state index contributed by atoms with van der Waals surface area (Å²) in [6.45, 7) is 0.872. The van der Waals surface area contributed by atoms with E-state index in [0.717, 1.165) is 41.6 Å². The molecule has 1 aromatic heterocycles. The number of carbonyl (C=O) groups is 1. The van der Waals surface area contributed by atoms with Crippen LogP contribution in [0.5, 0.6) is 5.75 Å². The molecule has 4 bridgehead atoms. The lowest BCUT2D eigenvalue weighted by Gasteiger charge is -2.57. The lowest BCUT2D eigenvalue weighted by Crippen LogP contribution is -2.67. The quantitative estimate of drug-likeness (QED) is 0.854. The molecule has 5 fully saturated rings. The highest BCUT2D eigenvalue weighted by Crippen LogP contribution is 2.48. The molecule has 5 nitrogen and oxygen atoms in total. The summed E-state index contributed by atoms with van der Waals surface area (Å²) < 4.78 is 11.6. The molecule has 5 heteroatoms. The van der Waals surface area contributed by atoms with E-state index in [2.05, 4.69) is 4.98 Å². The van der Waals surface area contributed by atoms with E-state index in [1.807, 2.05) is 35.4 Å². The third-order valence-corrected chi connectivity index (χ3v) is 5.57. The maximum atomic E-state index is 12.4. The largest absolute Gasteiger partial charge is 0.497 e. The molecule has 0 unspecified atom stereocenters. The van der Waals surface area contributed by atoms with E-state index in [4.69, 9.17) is 9.47 Å². The Hall–Kier alpha value is -2.14. The summed E-state index contributed by atoms with van der Waals surface area (Å²) in [5, 5.41) is 1.05. The lowest BCUT2D eigenvalue weighted by atomic mass is 9.74. The predicted octanol–water partition coefficient (Wildman–Crippen LogP) is 2.30. The van der Waals surface area contributed by atoms with Gasteiger partial charge in [-0.05, 0) is 48.6 Å². The third-order valence-electron chi connectivity index (χ3n) is 5.57. The fourth-order valence-electron chi connectivity index (χ4n) is 4.45. The molecule has 23 heavy (non-hydrogen) atoms. The van der Waals surface area contributed by atoms with Gasteiger partial charge in [-0.15, -0.1) is 0 Å². The van der Waals surface area contributed by atoms with Gasteiger partial charge in [-0.25, -0.2) is 0 Å². The van der Waals surface area contributed by atoms with E-state index < -0.39 is 0 Å². The van der Waals surface area contributed by atoms with Crippen LogP contribution in [-0.2, 0) is 9.53 Å². The molecule has 2 aromatic rings. The zero-order valence-electron chi connectivity index (χ0n) is 12.9. The normalized spacial score (nSPS) is 31.9. The standard InChI is InChI=1S/C18H18N2O3/c1-22-11-2-3-14-13(9-11)12(4-6-19-14)17-15-8-10-5-7-20(15)18(21)16(10)23-17/h2-4,6,9-10,15-17H,5,7-8H2,1H3/t10-,15+,16+,17-/m0/s1. The Morgan fingerprint density at radius 2 is 2.22 bits per heavy atom. The van der Waals surface area contributed by atoms with Crippen LogP contribution in [0.1, 0.15) is 24.5 Å². The van der Waals surface area contributed by atoms with Crippen molar-refractivity contribution in [3.05, 3.63) is 36.0 Å². The van der Waals surface area contributed by atoms with E-state index in [1.54, 1.807) is 7.11 Å². The van der Waals surface area contributed by atoms with Crippen LogP contribution < -0.4 is 4.74 Å². The topological polar surface area (TPSA) is 51.7 Å². The molecule has 0 aliphatic carbocycles. The smallest absolute Gasteiger partial charge is 0.252 e. The fraction of sp³-hybridized carbons (Fsp3) is 0.444. The minimum absolute atomic E-state index is 0.0631. The summed E-state index contributed by atoms with van der Waals surface area (Å²) in [7, 11) is 1.67. The number of carbonyl (C=O) groups excluding carboxylic acids is 1. The molecular formula is C18H18N2O3. The Morgan fingerprint density at radius 3 is 3.00 bits per heavy atom. The van der Waals surface area contributed by atoms with E-state index in [-0.39, 0.29) is 24.2 Å². The molecule has 0 N–H and O–H groups in total. The average molecular weight is 310 g/mol. The van der Waals surface area contributed by atoms with Crippen LogP contribution in [0.25, 0.3) is 10.9 Å². The maximum Gasteiger partial charge on any atom is 0.252 e. The summed E-state index contributed by atoms with van der Waals surface area (Å²) in [6.07, 6.45) is 3.63. The zero-order chi connectivity index (χ0) is 15.6. The number of benzene rings is 1. The Kier molecular flexibility index (Phi) is 2.71. The lowest BCUT2D eigenvalue weighted by molar-refractivity contribution is -0.216. The number of hydrogen-bond acceptors (Lipinski definition) is 4. The number of amides is 1. The summed E-state index contributed by atoms with van der Waals surface area (Å²) in [6, 6.07) is 8.08. The number of morpholine rings is 1. The monoisotopic (exact) mass is 310 g/mol. The number of aromatic nitrogens is 1. The van der Waals surface area contributed by atoms with Gasteiger partial charge in [-0.1, -0.05) is 0 Å². The van der Waals surface area contributed by atoms with Crippen LogP contribution >= 0.6 is 0 Å². The molecule has 1 aromatic carbocycles. The van der Waals surface area contributed by atoms with E-state index in [1.165, 1.54) is 0 Å². The van der Waals surface area contributed by atoms with Crippen LogP contribution in [-0.4, -0.2) is 41.6 Å². The van der Waals surface area contributed by atoms with Gasteiger partial charge in [0.15, 0.2) is 0 Å². The van der Waals surface area contributed by atoms with Gasteiger partial charge in [0.1, 0.15) is 18.0 Å². The third kappa shape index (κ3) is 1.77. The second-order valence-electron chi connectivity index (χ2n) is 6.64. The van der Waals surface area contributed by atoms with Gasteiger partial charge < -0.3 is 14.4 Å². The van der Waals surface area contributed by atoms with Gasteiger partial charge >= 0.3 is 0 Å². The summed E-state index contributed by atoms with van der Waals surface area (Å²) in [4.78, 5) is 18.8. The van der Waals surface area contributed by atoms with Crippen LogP contribution in [0.3, 0.4) is 0 Å². The number of piperidine rings is 3. The minimum atomic E-state index is -0.257. The van der Waals surface area contributed by atoms with Gasteiger partial charge in [0.25, 0.3) is 5.91 Å². The van der Waals surface area contributed by atoms with E-state index in [0.29, 0.717) is 5.92 Å². The number of hydrogen-bond donors (Lipinski definition) is 0. The highest BCUT2D eigenvalue weighted by Gasteiger charge is 2.55. The Bertz CT molecular complexity index is 802. The summed E-state index contributed by atoms with van der Waals surface area (Å²) in [5.41, 5.74) is 2.04. The first-order valence-electron chi connectivity index (χ1n) is 8.15. The second-order valence-corrected chi connectivity index (χ2v) is 6.64. The molecule has 4 atom stereocenters. The van der Waals surface area contributed by atoms with Crippen LogP contribution in [0, 0.1) is 5.92 Å². The van der Waals surface area contributed by atoms with Crippen molar-refractivity contribution in [1.29, 1.82) is 0 Å². The molecule has 0 radical (unpaired) electrons. The van der Waals surface area contributed by atoms with E-state index >= 15 is 0 Å². The second kappa shape index (κ2) is 4.68. The molecule has 5 saturated heterocycles. The van der Waals surface area contributed by atoms with Crippen molar-refractivity contribution in [3.8, 4) is 5.75 Å². The molecule has 118 valence electrons. The average Bonchev–Trinajstić information content (AvgIpc) is 2.61. The predicted molar refractivity (Wildman–Crippen MR) is 84.1 cm³/mol. The maximum absolute atomic E-state index is 12.4. The Labute approximate surface area is 134 Å².